The first-order valence-electron chi connectivity index (χ1n) is 40.8. The standard InChI is InChI=1S/C36H53N7O6.C25H35NO4S.C22H30N3O9PS/c1-5-10-25(29(44)34(48)39-23-15-16-23)40-33(47)28-24-14-9-13-22(24)20-43(28)35(49)30(36(2,3)4)42-32(46)27(21-11-7-6-8-12-21)41-31(45)26-19-37-17-18-38-26;1-16-5-7-17(8-6-16)23(28)26(18-9-11-19(27)12-10-18)21-15-20(13-14-25(2,3)4)31-22(21)24(29)30;1-13(2)32-19(28)14(3)24-35(36,34-15-8-6-5-7-9-15)31-12-16-18(27)22(4,30)20(33-16)25-11-10-17(26)23-21(25)29/h17-19,21-25,27-28,30H,5-16,20H2,1-4H3,(H,39,48)(H,40,47)(H,41,45)(H,42,46);15-19,27H,5-12H2,1-4H3,(H,29,30);5-11,13-14,16,18,20,27,30H,12H2,1-4H3,(H,24,36)(H,23,26,29)/t22-,24-,25-,27-,28-,30+;;14-,16+,18+,20+,22+,35?/m0.0/s1. The number of hydrogen-bond donors (Lipinski definition) is 10. The molecule has 3 aromatic heterocycles. The van der Waals surface area contributed by atoms with Gasteiger partial charge in [-0.25, -0.2) is 19.7 Å². The maximum Gasteiger partial charge on any atom is 0.348 e. The minimum Gasteiger partial charge on any atom is -0.477 e. The first-order chi connectivity index (χ1) is 54.8. The fourth-order valence-corrected chi connectivity index (χ4v) is 19.2. The third-order valence-electron chi connectivity index (χ3n) is 22.3. The summed E-state index contributed by atoms with van der Waals surface area (Å²) in [4.78, 5) is 158. The van der Waals surface area contributed by atoms with Crippen LogP contribution in [0.5, 0.6) is 5.75 Å². The number of carbonyl (C=O) groups is 9. The SMILES string of the molecule is CC(C)OC(=O)[C@H](C)NP(=S)(OC[C@H]1O[C@@H](n2ccc(=O)[nH]c2=O)[C@](C)(O)[C@@H]1O)Oc1ccccc1.CC1CCC(C(=O)N(c2cc(C#CC(C)(C)C)sc2C(=O)O)C2CCC(O)CC2)CC1.CCC[C@H](NC(=O)[C@@H]1[C@H]2CCC[C@H]2CN1C(=O)[C@@H](NC(=O)[C@@H](NC(=O)c1cnccn1)C1CCCCC1)C(C)(C)C)C(=O)C(=O)NC1CC1. The number of carbonyl (C=O) groups excluding carboxylic acids is 8. The van der Waals surface area contributed by atoms with Gasteiger partial charge in [0, 0.05) is 54.6 Å². The monoisotopic (exact) mass is 1670 g/mol. The van der Waals surface area contributed by atoms with Crippen molar-refractivity contribution in [3.05, 3.63) is 104 Å². The van der Waals surface area contributed by atoms with Gasteiger partial charge >= 0.3 is 24.3 Å². The zero-order valence-electron chi connectivity index (χ0n) is 68.6. The van der Waals surface area contributed by atoms with E-state index < -0.39 is 119 Å². The zero-order valence-corrected chi connectivity index (χ0v) is 71.2. The molecule has 0 spiro atoms. The molecule has 1 aromatic carbocycles. The van der Waals surface area contributed by atoms with E-state index in [1.165, 1.54) is 25.5 Å². The largest absolute Gasteiger partial charge is 0.477 e. The van der Waals surface area contributed by atoms with Crippen LogP contribution < -0.4 is 47.0 Å². The average Bonchev–Trinajstić information content (AvgIpc) is 1.61. The van der Waals surface area contributed by atoms with Crippen molar-refractivity contribution in [2.45, 2.75) is 290 Å². The fourth-order valence-electron chi connectivity index (χ4n) is 15.9. The van der Waals surface area contributed by atoms with E-state index in [-0.39, 0.29) is 82.4 Å². The molecule has 11 rings (SSSR count). The van der Waals surface area contributed by atoms with Crippen LogP contribution in [0.2, 0.25) is 0 Å². The first-order valence-corrected chi connectivity index (χ1v) is 44.3. The Balaban J connectivity index is 0.000000205. The predicted octanol–water partition coefficient (Wildman–Crippen LogP) is 8.55. The highest BCUT2D eigenvalue weighted by atomic mass is 32.5. The third-order valence-corrected chi connectivity index (χ3v) is 25.9. The number of thiophene rings is 1. The van der Waals surface area contributed by atoms with Crippen molar-refractivity contribution in [2.75, 3.05) is 18.1 Å². The van der Waals surface area contributed by atoms with Gasteiger partial charge < -0.3 is 70.0 Å². The molecule has 7 aliphatic rings. The van der Waals surface area contributed by atoms with Gasteiger partial charge in [-0.2, -0.15) is 0 Å². The number of nitrogens with zero attached hydrogens (tertiary/aromatic N) is 5. The Kier molecular flexibility index (Phi) is 32.1. The number of carboxylic acid groups (broad SMARTS) is 1. The lowest BCUT2D eigenvalue weighted by molar-refractivity contribution is -0.149. The normalized spacial score (nSPS) is 25.5. The highest BCUT2D eigenvalue weighted by Crippen LogP contribution is 2.48. The molecule has 2 saturated heterocycles. The van der Waals surface area contributed by atoms with Crippen molar-refractivity contribution in [1.29, 1.82) is 0 Å². The van der Waals surface area contributed by atoms with E-state index in [2.05, 4.69) is 60.1 Å². The number of carboxylic acids is 1. The number of aliphatic hydroxyl groups is 3. The smallest absolute Gasteiger partial charge is 0.348 e. The second kappa shape index (κ2) is 40.6. The lowest BCUT2D eigenvalue weighted by Gasteiger charge is -2.38. The molecule has 7 fully saturated rings. The van der Waals surface area contributed by atoms with Crippen molar-refractivity contribution in [3.63, 3.8) is 0 Å². The Hall–Kier alpha value is -8.12. The maximum atomic E-state index is 14.6. The van der Waals surface area contributed by atoms with E-state index >= 15 is 0 Å². The summed E-state index contributed by atoms with van der Waals surface area (Å²) < 4.78 is 23.7. The topological polar surface area (TPSA) is 419 Å². The summed E-state index contributed by atoms with van der Waals surface area (Å²) in [5, 5.41) is 55.9. The minimum absolute atomic E-state index is 0.0132. The van der Waals surface area contributed by atoms with Gasteiger partial charge in [0.15, 0.2) is 6.23 Å². The van der Waals surface area contributed by atoms with E-state index in [0.717, 1.165) is 118 Å². The average molecular weight is 1670 g/mol. The number of aromatic amines is 1. The summed E-state index contributed by atoms with van der Waals surface area (Å²) in [5.74, 6) is 2.51. The summed E-state index contributed by atoms with van der Waals surface area (Å²) in [6.45, 7) is 18.6. The summed E-state index contributed by atoms with van der Waals surface area (Å²) in [7, 11) is 0. The number of ketones is 1. The summed E-state index contributed by atoms with van der Waals surface area (Å²) in [6.07, 6.45) is 16.8. The number of nitrogens with one attached hydrogen (secondary N) is 6. The number of anilines is 1. The molecule has 30 nitrogen and oxygen atoms in total. The number of hydrogen-bond acceptors (Lipinski definition) is 22. The lowest BCUT2D eigenvalue weighted by Crippen LogP contribution is -2.62. The number of para-hydroxylation sites is 1. The number of ether oxygens (including phenoxy) is 2. The van der Waals surface area contributed by atoms with Crippen molar-refractivity contribution in [3.8, 4) is 17.6 Å². The lowest BCUT2D eigenvalue weighted by atomic mass is 9.81. The van der Waals surface area contributed by atoms with Crippen LogP contribution in [0.1, 0.15) is 243 Å². The van der Waals surface area contributed by atoms with Crippen LogP contribution >= 0.6 is 18.0 Å². The van der Waals surface area contributed by atoms with Gasteiger partial charge in [0.25, 0.3) is 17.4 Å². The van der Waals surface area contributed by atoms with Crippen molar-refractivity contribution in [1.82, 2.24) is 50.8 Å². The van der Waals surface area contributed by atoms with Gasteiger partial charge in [0.2, 0.25) is 29.4 Å². The number of amides is 6. The fraction of sp³-hybridized carbons (Fsp3) is 0.651. The van der Waals surface area contributed by atoms with Gasteiger partial charge in [0.1, 0.15) is 58.3 Å². The molecular formula is C83H118N11O19PS2. The first kappa shape index (κ1) is 91.8. The van der Waals surface area contributed by atoms with Gasteiger partial charge in [-0.3, -0.25) is 57.7 Å². The number of H-pyrrole nitrogens is 1. The second-order valence-electron chi connectivity index (χ2n) is 34.5. The number of aromatic carboxylic acids is 1. The highest BCUT2D eigenvalue weighted by Gasteiger charge is 2.55. The number of likely N-dealkylation sites (tertiary alicyclic amines) is 1. The molecule has 636 valence electrons. The molecule has 5 aliphatic carbocycles. The number of aliphatic hydroxyl groups excluding tert-OH is 2. The number of esters is 1. The molecule has 12 atom stereocenters. The van der Waals surface area contributed by atoms with Crippen LogP contribution in [0.25, 0.3) is 0 Å². The van der Waals surface area contributed by atoms with Crippen LogP contribution in [0, 0.1) is 52.3 Å². The Morgan fingerprint density at radius 3 is 2.14 bits per heavy atom. The molecule has 5 heterocycles. The molecule has 1 unspecified atom stereocenters. The number of rotatable bonds is 27. The third kappa shape index (κ3) is 24.8. The summed E-state index contributed by atoms with van der Waals surface area (Å²) in [6, 6.07) is 6.83. The van der Waals surface area contributed by atoms with E-state index in [1.807, 2.05) is 48.5 Å². The maximum absolute atomic E-state index is 14.6. The minimum atomic E-state index is -3.43. The van der Waals surface area contributed by atoms with Crippen LogP contribution in [0.4, 0.5) is 5.69 Å². The number of aromatic nitrogens is 4. The molecule has 4 aromatic rings. The Morgan fingerprint density at radius 1 is 0.853 bits per heavy atom. The van der Waals surface area contributed by atoms with Crippen molar-refractivity contribution < 1.29 is 82.1 Å². The highest BCUT2D eigenvalue weighted by molar-refractivity contribution is 8.09. The molecule has 33 heteroatoms. The molecule has 6 amide bonds. The molecule has 10 N–H and O–H groups in total. The zero-order chi connectivity index (χ0) is 84.7. The predicted molar refractivity (Wildman–Crippen MR) is 438 cm³/mol. The van der Waals surface area contributed by atoms with Gasteiger partial charge in [-0.15, -0.1) is 11.3 Å². The molecule has 5 saturated carbocycles. The molecule has 0 radical (unpaired) electrons. The summed E-state index contributed by atoms with van der Waals surface area (Å²) in [5.41, 5.74) is -3.70. The van der Waals surface area contributed by atoms with Gasteiger partial charge in [-0.1, -0.05) is 96.8 Å². The van der Waals surface area contributed by atoms with Crippen molar-refractivity contribution in [2.24, 2.45) is 40.4 Å². The van der Waals surface area contributed by atoms with Crippen LogP contribution in [0.3, 0.4) is 0 Å². The number of fused-ring (bicyclic) bond motifs is 1. The van der Waals surface area contributed by atoms with E-state index in [9.17, 15) is 73.2 Å². The molecule has 0 bridgehead atoms. The summed E-state index contributed by atoms with van der Waals surface area (Å²) >= 11 is 6.78. The van der Waals surface area contributed by atoms with Gasteiger partial charge in [0.05, 0.1) is 41.6 Å². The Morgan fingerprint density at radius 2 is 1.53 bits per heavy atom. The van der Waals surface area contributed by atoms with Crippen LogP contribution in [-0.4, -0.2) is 183 Å². The number of benzene rings is 1. The molecule has 2 aliphatic heterocycles. The second-order valence-corrected chi connectivity index (χ2v) is 38.7. The Bertz CT molecular complexity index is 4320. The van der Waals surface area contributed by atoms with E-state index in [0.29, 0.717) is 67.3 Å². The van der Waals surface area contributed by atoms with E-state index in [1.54, 1.807) is 67.0 Å². The van der Waals surface area contributed by atoms with Gasteiger partial charge in [-0.05, 0) is 204 Å². The van der Waals surface area contributed by atoms with Crippen LogP contribution in [0.15, 0.2) is 76.8 Å². The molecule has 116 heavy (non-hydrogen) atoms. The van der Waals surface area contributed by atoms with Crippen LogP contribution in [-0.2, 0) is 59.4 Å². The molecular weight excluding hydrogens is 1550 g/mol. The Labute approximate surface area is 687 Å². The number of Topliss-reactive ketones (excluding diaryl/α,β-unsaturated/α-hetero) is 1. The van der Waals surface area contributed by atoms with E-state index in [4.69, 9.17) is 30.3 Å². The van der Waals surface area contributed by atoms with Crippen molar-refractivity contribution >= 4 is 88.6 Å². The quantitative estimate of drug-likeness (QED) is 0.0116.